The van der Waals surface area contributed by atoms with E-state index in [9.17, 15) is 18.0 Å². The van der Waals surface area contributed by atoms with Crippen LogP contribution in [0, 0.1) is 0 Å². The van der Waals surface area contributed by atoms with Crippen LogP contribution in [0.2, 0.25) is 0 Å². The highest BCUT2D eigenvalue weighted by Crippen LogP contribution is 2.31. The van der Waals surface area contributed by atoms with Crippen molar-refractivity contribution in [2.75, 3.05) is 38.9 Å². The summed E-state index contributed by atoms with van der Waals surface area (Å²) in [6, 6.07) is 4.88. The number of nitrogens with zero attached hydrogens (tertiary/aromatic N) is 1. The SMILES string of the molecule is CCCN(C(=O)COC(=O)/C=C/c1cccc(OC)c1OC)[C@@H]1CCS(=O)(=O)C1. The zero-order valence-electron chi connectivity index (χ0n) is 16.9. The summed E-state index contributed by atoms with van der Waals surface area (Å²) in [6.45, 7) is 1.89. The zero-order valence-corrected chi connectivity index (χ0v) is 17.7. The zero-order chi connectivity index (χ0) is 21.4. The second kappa shape index (κ2) is 10.3. The van der Waals surface area contributed by atoms with Gasteiger partial charge in [-0.25, -0.2) is 13.2 Å². The Kier molecular flexibility index (Phi) is 8.07. The van der Waals surface area contributed by atoms with E-state index in [0.29, 0.717) is 36.4 Å². The van der Waals surface area contributed by atoms with Gasteiger partial charge in [0.1, 0.15) is 0 Å². The van der Waals surface area contributed by atoms with Crippen LogP contribution in [-0.2, 0) is 24.2 Å². The minimum atomic E-state index is -3.11. The highest BCUT2D eigenvalue weighted by atomic mass is 32.2. The fraction of sp³-hybridized carbons (Fsp3) is 0.500. The molecule has 0 saturated carbocycles. The first-order valence-corrected chi connectivity index (χ1v) is 11.2. The van der Waals surface area contributed by atoms with E-state index in [1.165, 1.54) is 31.3 Å². The number of benzene rings is 1. The highest BCUT2D eigenvalue weighted by Gasteiger charge is 2.34. The molecule has 1 aromatic rings. The molecule has 9 heteroatoms. The highest BCUT2D eigenvalue weighted by molar-refractivity contribution is 7.91. The molecule has 160 valence electrons. The Hall–Kier alpha value is -2.55. The Morgan fingerprint density at radius 3 is 2.59 bits per heavy atom. The first-order chi connectivity index (χ1) is 13.8. The van der Waals surface area contributed by atoms with Gasteiger partial charge in [0.15, 0.2) is 27.9 Å². The number of hydrogen-bond acceptors (Lipinski definition) is 7. The Morgan fingerprint density at radius 1 is 1.24 bits per heavy atom. The van der Waals surface area contributed by atoms with Crippen molar-refractivity contribution in [2.45, 2.75) is 25.8 Å². The van der Waals surface area contributed by atoms with Crippen LogP contribution < -0.4 is 9.47 Å². The third kappa shape index (κ3) is 6.22. The Morgan fingerprint density at radius 2 is 2.00 bits per heavy atom. The molecule has 1 saturated heterocycles. The monoisotopic (exact) mass is 425 g/mol. The molecule has 1 heterocycles. The second-order valence-electron chi connectivity index (χ2n) is 6.67. The van der Waals surface area contributed by atoms with Gasteiger partial charge in [0, 0.05) is 24.2 Å². The van der Waals surface area contributed by atoms with Crippen LogP contribution in [-0.4, -0.2) is 70.1 Å². The van der Waals surface area contributed by atoms with Gasteiger partial charge in [-0.2, -0.15) is 0 Å². The number of amides is 1. The van der Waals surface area contributed by atoms with Crippen LogP contribution in [0.25, 0.3) is 6.08 Å². The van der Waals surface area contributed by atoms with Gasteiger partial charge in [-0.15, -0.1) is 0 Å². The van der Waals surface area contributed by atoms with E-state index in [1.54, 1.807) is 18.2 Å². The van der Waals surface area contributed by atoms with Crippen molar-refractivity contribution < 1.29 is 32.2 Å². The molecule has 8 nitrogen and oxygen atoms in total. The van der Waals surface area contributed by atoms with Crippen LogP contribution in [0.1, 0.15) is 25.3 Å². The largest absolute Gasteiger partial charge is 0.493 e. The van der Waals surface area contributed by atoms with E-state index in [1.807, 2.05) is 6.92 Å². The number of carbonyl (C=O) groups excluding carboxylic acids is 2. The maximum absolute atomic E-state index is 12.5. The molecule has 2 rings (SSSR count). The van der Waals surface area contributed by atoms with E-state index in [-0.39, 0.29) is 17.5 Å². The lowest BCUT2D eigenvalue weighted by Crippen LogP contribution is -2.43. The lowest BCUT2D eigenvalue weighted by molar-refractivity contribution is -0.149. The number of sulfone groups is 1. The molecule has 0 unspecified atom stereocenters. The van der Waals surface area contributed by atoms with E-state index in [2.05, 4.69) is 0 Å². The second-order valence-corrected chi connectivity index (χ2v) is 8.90. The van der Waals surface area contributed by atoms with E-state index < -0.39 is 28.3 Å². The molecule has 1 aliphatic heterocycles. The third-order valence-electron chi connectivity index (χ3n) is 4.60. The standard InChI is InChI=1S/C20H27NO7S/c1-4-11-21(16-10-12-29(24,25)14-16)18(22)13-28-19(23)9-8-15-6-5-7-17(26-2)20(15)27-3/h5-9,16H,4,10-14H2,1-3H3/b9-8+/t16-/m1/s1. The van der Waals surface area contributed by atoms with Crippen molar-refractivity contribution in [3.8, 4) is 11.5 Å². The molecule has 0 N–H and O–H groups in total. The molecular formula is C20H27NO7S. The minimum absolute atomic E-state index is 0.0395. The summed E-state index contributed by atoms with van der Waals surface area (Å²) in [4.78, 5) is 26.0. The summed E-state index contributed by atoms with van der Waals surface area (Å²) in [7, 11) is -0.0957. The maximum atomic E-state index is 12.5. The van der Waals surface area contributed by atoms with Gasteiger partial charge < -0.3 is 19.1 Å². The van der Waals surface area contributed by atoms with Crippen molar-refractivity contribution in [1.29, 1.82) is 0 Å². The summed E-state index contributed by atoms with van der Waals surface area (Å²) in [5.74, 6) is -0.0295. The molecule has 0 radical (unpaired) electrons. The summed E-state index contributed by atoms with van der Waals surface area (Å²) in [5, 5.41) is 0. The molecule has 1 aliphatic rings. The van der Waals surface area contributed by atoms with Crippen molar-refractivity contribution >= 4 is 27.8 Å². The Bertz CT molecular complexity index is 864. The van der Waals surface area contributed by atoms with Gasteiger partial charge in [0.05, 0.1) is 25.7 Å². The molecule has 0 aliphatic carbocycles. The van der Waals surface area contributed by atoms with Crippen molar-refractivity contribution in [2.24, 2.45) is 0 Å². The fourth-order valence-electron chi connectivity index (χ4n) is 3.24. The molecule has 1 fully saturated rings. The average Bonchev–Trinajstić information content (AvgIpc) is 3.07. The number of para-hydroxylation sites is 1. The number of methoxy groups -OCH3 is 2. The van der Waals surface area contributed by atoms with E-state index >= 15 is 0 Å². The molecule has 0 aromatic heterocycles. The number of esters is 1. The lowest BCUT2D eigenvalue weighted by Gasteiger charge is -2.27. The van der Waals surface area contributed by atoms with E-state index in [4.69, 9.17) is 14.2 Å². The predicted octanol–water partition coefficient (Wildman–Crippen LogP) is 1.69. The van der Waals surface area contributed by atoms with Crippen molar-refractivity contribution in [1.82, 2.24) is 4.90 Å². The summed E-state index contributed by atoms with van der Waals surface area (Å²) in [5.41, 5.74) is 0.624. The fourth-order valence-corrected chi connectivity index (χ4v) is 4.97. The molecule has 0 bridgehead atoms. The molecular weight excluding hydrogens is 398 g/mol. The number of carbonyl (C=O) groups is 2. The van der Waals surface area contributed by atoms with Crippen LogP contribution in [0.15, 0.2) is 24.3 Å². The summed E-state index contributed by atoms with van der Waals surface area (Å²) >= 11 is 0. The molecule has 1 aromatic carbocycles. The first kappa shape index (κ1) is 22.7. The quantitative estimate of drug-likeness (QED) is 0.438. The number of ether oxygens (including phenoxy) is 3. The number of hydrogen-bond donors (Lipinski definition) is 0. The van der Waals surface area contributed by atoms with Gasteiger partial charge in [-0.1, -0.05) is 19.1 Å². The van der Waals surface area contributed by atoms with Gasteiger partial charge >= 0.3 is 5.97 Å². The lowest BCUT2D eigenvalue weighted by atomic mass is 10.1. The molecule has 29 heavy (non-hydrogen) atoms. The van der Waals surface area contributed by atoms with Gasteiger partial charge in [-0.05, 0) is 25.0 Å². The predicted molar refractivity (Wildman–Crippen MR) is 109 cm³/mol. The molecule has 0 spiro atoms. The van der Waals surface area contributed by atoms with Crippen LogP contribution in [0.4, 0.5) is 0 Å². The molecule has 1 amide bonds. The summed E-state index contributed by atoms with van der Waals surface area (Å²) in [6.07, 6.45) is 3.82. The van der Waals surface area contributed by atoms with Crippen LogP contribution in [0.3, 0.4) is 0 Å². The van der Waals surface area contributed by atoms with Gasteiger partial charge in [0.25, 0.3) is 5.91 Å². The normalized spacial score (nSPS) is 17.8. The Balaban J connectivity index is 1.97. The minimum Gasteiger partial charge on any atom is -0.493 e. The van der Waals surface area contributed by atoms with E-state index in [0.717, 1.165) is 0 Å². The first-order valence-electron chi connectivity index (χ1n) is 9.37. The summed E-state index contributed by atoms with van der Waals surface area (Å²) < 4.78 is 39.0. The maximum Gasteiger partial charge on any atom is 0.331 e. The molecule has 1 atom stereocenters. The van der Waals surface area contributed by atoms with Crippen molar-refractivity contribution in [3.63, 3.8) is 0 Å². The number of rotatable bonds is 9. The smallest absolute Gasteiger partial charge is 0.331 e. The third-order valence-corrected chi connectivity index (χ3v) is 6.35. The average molecular weight is 426 g/mol. The van der Waals surface area contributed by atoms with Crippen molar-refractivity contribution in [3.05, 3.63) is 29.8 Å². The van der Waals surface area contributed by atoms with Crippen LogP contribution >= 0.6 is 0 Å². The topological polar surface area (TPSA) is 99.2 Å². The Labute approximate surface area is 171 Å². The van der Waals surface area contributed by atoms with Gasteiger partial charge in [0.2, 0.25) is 0 Å². The van der Waals surface area contributed by atoms with Crippen LogP contribution in [0.5, 0.6) is 11.5 Å². The van der Waals surface area contributed by atoms with Gasteiger partial charge in [-0.3, -0.25) is 4.79 Å².